The monoisotopic (exact) mass is 236 g/mol. The van der Waals surface area contributed by atoms with Crippen LogP contribution < -0.4 is 0 Å². The van der Waals surface area contributed by atoms with Crippen molar-refractivity contribution in [1.29, 1.82) is 0 Å². The molecule has 2 N–H and O–H groups in total. The lowest BCUT2D eigenvalue weighted by atomic mass is 10.1. The zero-order valence-electron chi connectivity index (χ0n) is 9.65. The molecule has 1 aliphatic carbocycles. The van der Waals surface area contributed by atoms with Gasteiger partial charge >= 0.3 is 5.97 Å². The lowest BCUT2D eigenvalue weighted by Crippen LogP contribution is -2.22. The maximum atomic E-state index is 11.2. The summed E-state index contributed by atoms with van der Waals surface area (Å²) in [6.45, 7) is 0.912. The van der Waals surface area contributed by atoms with E-state index >= 15 is 0 Å². The van der Waals surface area contributed by atoms with E-state index in [1.165, 1.54) is 0 Å². The summed E-state index contributed by atoms with van der Waals surface area (Å²) in [7, 11) is 0. The molecule has 1 fully saturated rings. The second-order valence-electron chi connectivity index (χ2n) is 5.08. The molecule has 1 aromatic heterocycles. The highest BCUT2D eigenvalue weighted by Gasteiger charge is 2.48. The second kappa shape index (κ2) is 3.57. The van der Waals surface area contributed by atoms with Crippen LogP contribution in [0.2, 0.25) is 0 Å². The van der Waals surface area contributed by atoms with E-state index in [4.69, 9.17) is 0 Å². The number of hydrogen-bond acceptors (Lipinski definition) is 3. The second-order valence-corrected chi connectivity index (χ2v) is 5.08. The van der Waals surface area contributed by atoms with E-state index in [2.05, 4.69) is 4.98 Å². The number of carboxylic acid groups (broad SMARTS) is 1. The van der Waals surface area contributed by atoms with Crippen molar-refractivity contribution in [3.8, 4) is 0 Å². The Morgan fingerprint density at radius 3 is 2.76 bits per heavy atom. The molecular formula is C12H16N2O3. The number of aliphatic hydroxyl groups excluding tert-OH is 1. The molecular weight excluding hydrogens is 220 g/mol. The molecule has 5 nitrogen and oxygen atoms in total. The highest BCUT2D eigenvalue weighted by atomic mass is 16.4. The van der Waals surface area contributed by atoms with Gasteiger partial charge in [0.25, 0.3) is 0 Å². The molecule has 2 aliphatic rings. The van der Waals surface area contributed by atoms with E-state index < -0.39 is 5.97 Å². The SMILES string of the molecule is O=C(O)c1nc(C2(CO)CC2)n2c1CCCC2. The van der Waals surface area contributed by atoms with E-state index in [0.29, 0.717) is 0 Å². The summed E-state index contributed by atoms with van der Waals surface area (Å²) in [6.07, 6.45) is 4.71. The van der Waals surface area contributed by atoms with Crippen LogP contribution in [0.25, 0.3) is 0 Å². The fourth-order valence-corrected chi connectivity index (χ4v) is 2.72. The van der Waals surface area contributed by atoms with Gasteiger partial charge in [-0.1, -0.05) is 0 Å². The highest BCUT2D eigenvalue weighted by Crippen LogP contribution is 2.48. The number of nitrogens with zero attached hydrogens (tertiary/aromatic N) is 2. The summed E-state index contributed by atoms with van der Waals surface area (Å²) in [5.41, 5.74) is 0.790. The van der Waals surface area contributed by atoms with Gasteiger partial charge in [0, 0.05) is 6.54 Å². The van der Waals surface area contributed by atoms with Gasteiger partial charge in [0.05, 0.1) is 17.7 Å². The Balaban J connectivity index is 2.13. The quantitative estimate of drug-likeness (QED) is 0.819. The Labute approximate surface area is 99.1 Å². The van der Waals surface area contributed by atoms with Gasteiger partial charge in [0.2, 0.25) is 0 Å². The Bertz CT molecular complexity index is 474. The van der Waals surface area contributed by atoms with Gasteiger partial charge in [0.15, 0.2) is 5.69 Å². The third-order valence-electron chi connectivity index (χ3n) is 3.95. The maximum Gasteiger partial charge on any atom is 0.356 e. The van der Waals surface area contributed by atoms with Crippen molar-refractivity contribution in [2.75, 3.05) is 6.61 Å². The van der Waals surface area contributed by atoms with Crippen molar-refractivity contribution < 1.29 is 15.0 Å². The van der Waals surface area contributed by atoms with Crippen LogP contribution in [0.1, 0.15) is 47.7 Å². The molecule has 0 atom stereocenters. The first-order chi connectivity index (χ1) is 8.18. The lowest BCUT2D eigenvalue weighted by Gasteiger charge is -2.20. The summed E-state index contributed by atoms with van der Waals surface area (Å²) in [6, 6.07) is 0. The molecule has 0 radical (unpaired) electrons. The van der Waals surface area contributed by atoms with E-state index in [-0.39, 0.29) is 17.7 Å². The topological polar surface area (TPSA) is 75.3 Å². The minimum absolute atomic E-state index is 0.0719. The summed E-state index contributed by atoms with van der Waals surface area (Å²) in [5, 5.41) is 18.6. The first-order valence-electron chi connectivity index (χ1n) is 6.12. The van der Waals surface area contributed by atoms with E-state index in [1.54, 1.807) is 0 Å². The molecule has 0 aromatic carbocycles. The number of imidazole rings is 1. The van der Waals surface area contributed by atoms with E-state index in [0.717, 1.165) is 50.2 Å². The van der Waals surface area contributed by atoms with Crippen LogP contribution in [0.5, 0.6) is 0 Å². The van der Waals surface area contributed by atoms with Crippen molar-refractivity contribution >= 4 is 5.97 Å². The van der Waals surface area contributed by atoms with Gasteiger partial charge in [-0.25, -0.2) is 9.78 Å². The number of carboxylic acids is 1. The standard InChI is InChI=1S/C12H16N2O3/c15-7-12(4-5-12)11-13-9(10(16)17)8-3-1-2-6-14(8)11/h15H,1-7H2,(H,16,17). The number of carbonyl (C=O) groups is 1. The van der Waals surface area contributed by atoms with Crippen molar-refractivity contribution in [3.05, 3.63) is 17.2 Å². The van der Waals surface area contributed by atoms with Crippen molar-refractivity contribution in [2.45, 2.75) is 44.1 Å². The predicted molar refractivity (Wildman–Crippen MR) is 60.1 cm³/mol. The number of fused-ring (bicyclic) bond motifs is 1. The van der Waals surface area contributed by atoms with Crippen molar-refractivity contribution in [2.24, 2.45) is 0 Å². The van der Waals surface area contributed by atoms with Gasteiger partial charge in [-0.05, 0) is 32.1 Å². The molecule has 0 bridgehead atoms. The fraction of sp³-hybridized carbons (Fsp3) is 0.667. The maximum absolute atomic E-state index is 11.2. The third-order valence-corrected chi connectivity index (χ3v) is 3.95. The van der Waals surface area contributed by atoms with Crippen molar-refractivity contribution in [3.63, 3.8) is 0 Å². The van der Waals surface area contributed by atoms with Gasteiger partial charge in [-0.2, -0.15) is 0 Å². The molecule has 5 heteroatoms. The molecule has 3 rings (SSSR count). The summed E-state index contributed by atoms with van der Waals surface area (Å²) >= 11 is 0. The number of aromatic carboxylic acids is 1. The minimum atomic E-state index is -0.948. The first-order valence-corrected chi connectivity index (χ1v) is 6.12. The summed E-state index contributed by atoms with van der Waals surface area (Å²) in [5.74, 6) is -0.150. The molecule has 1 aliphatic heterocycles. The average Bonchev–Trinajstić information content (AvgIpc) is 3.03. The van der Waals surface area contributed by atoms with Crippen LogP contribution in [0, 0.1) is 0 Å². The van der Waals surface area contributed by atoms with Crippen LogP contribution in [0.4, 0.5) is 0 Å². The normalized spacial score (nSPS) is 21.0. The van der Waals surface area contributed by atoms with Gasteiger partial charge in [-0.3, -0.25) is 0 Å². The molecule has 92 valence electrons. The molecule has 1 aromatic rings. The van der Waals surface area contributed by atoms with Crippen LogP contribution in [-0.4, -0.2) is 32.3 Å². The average molecular weight is 236 g/mol. The molecule has 17 heavy (non-hydrogen) atoms. The fourth-order valence-electron chi connectivity index (χ4n) is 2.72. The largest absolute Gasteiger partial charge is 0.476 e. The molecule has 1 saturated carbocycles. The molecule has 0 amide bonds. The van der Waals surface area contributed by atoms with Gasteiger partial charge < -0.3 is 14.8 Å². The lowest BCUT2D eigenvalue weighted by molar-refractivity contribution is 0.0689. The Hall–Kier alpha value is -1.36. The van der Waals surface area contributed by atoms with Crippen LogP contribution in [-0.2, 0) is 18.4 Å². The number of rotatable bonds is 3. The molecule has 0 spiro atoms. The number of hydrogen-bond donors (Lipinski definition) is 2. The molecule has 0 saturated heterocycles. The van der Waals surface area contributed by atoms with Crippen molar-refractivity contribution in [1.82, 2.24) is 9.55 Å². The molecule has 0 unspecified atom stereocenters. The smallest absolute Gasteiger partial charge is 0.356 e. The van der Waals surface area contributed by atoms with Gasteiger partial charge in [-0.15, -0.1) is 0 Å². The summed E-state index contributed by atoms with van der Waals surface area (Å²) < 4.78 is 2.04. The van der Waals surface area contributed by atoms with Crippen LogP contribution in [0.3, 0.4) is 0 Å². The third kappa shape index (κ3) is 1.49. The predicted octanol–water partition coefficient (Wildman–Crippen LogP) is 0.941. The number of aromatic nitrogens is 2. The summed E-state index contributed by atoms with van der Waals surface area (Å²) in [4.78, 5) is 15.5. The zero-order chi connectivity index (χ0) is 12.0. The Kier molecular flexibility index (Phi) is 2.26. The van der Waals surface area contributed by atoms with Crippen LogP contribution >= 0.6 is 0 Å². The van der Waals surface area contributed by atoms with Crippen LogP contribution in [0.15, 0.2) is 0 Å². The van der Waals surface area contributed by atoms with E-state index in [1.807, 2.05) is 4.57 Å². The number of aliphatic hydroxyl groups is 1. The highest BCUT2D eigenvalue weighted by molar-refractivity contribution is 5.87. The van der Waals surface area contributed by atoms with Gasteiger partial charge in [0.1, 0.15) is 5.82 Å². The Morgan fingerprint density at radius 2 is 2.18 bits per heavy atom. The van der Waals surface area contributed by atoms with E-state index in [9.17, 15) is 15.0 Å². The molecule has 2 heterocycles. The Morgan fingerprint density at radius 1 is 1.41 bits per heavy atom. The zero-order valence-corrected chi connectivity index (χ0v) is 9.65. The minimum Gasteiger partial charge on any atom is -0.476 e. The first kappa shape index (κ1) is 10.8.